The molecule has 1 N–H and O–H groups in total. The van der Waals surface area contributed by atoms with Crippen molar-refractivity contribution >= 4 is 23.5 Å². The Morgan fingerprint density at radius 2 is 1.93 bits per heavy atom. The van der Waals surface area contributed by atoms with Gasteiger partial charge in [0.1, 0.15) is 10.7 Å². The van der Waals surface area contributed by atoms with Crippen LogP contribution >= 0.6 is 11.3 Å². The van der Waals surface area contributed by atoms with Crippen LogP contribution in [0.5, 0.6) is 11.5 Å². The summed E-state index contributed by atoms with van der Waals surface area (Å²) in [7, 11) is 0. The average molecular weight is 424 g/mol. The number of rotatable bonds is 9. The van der Waals surface area contributed by atoms with Gasteiger partial charge in [0.25, 0.3) is 5.91 Å². The monoisotopic (exact) mass is 423 g/mol. The van der Waals surface area contributed by atoms with Gasteiger partial charge >= 0.3 is 0 Å². The van der Waals surface area contributed by atoms with Gasteiger partial charge in [-0.15, -0.1) is 11.3 Å². The zero-order valence-electron chi connectivity index (χ0n) is 17.3. The van der Waals surface area contributed by atoms with E-state index < -0.39 is 0 Å². The van der Waals surface area contributed by atoms with Crippen LogP contribution in [0.2, 0.25) is 0 Å². The number of hydrogen-bond donors (Lipinski definition) is 1. The number of hydrogen-bond acceptors (Lipinski definition) is 6. The lowest BCUT2D eigenvalue weighted by atomic mass is 10.2. The molecule has 156 valence electrons. The van der Waals surface area contributed by atoms with Crippen molar-refractivity contribution in [2.45, 2.75) is 27.2 Å². The van der Waals surface area contributed by atoms with E-state index in [0.717, 1.165) is 27.4 Å². The molecule has 0 atom stereocenters. The molecule has 0 spiro atoms. The van der Waals surface area contributed by atoms with Crippen LogP contribution in [0.3, 0.4) is 0 Å². The average Bonchev–Trinajstić information content (AvgIpc) is 3.16. The zero-order valence-corrected chi connectivity index (χ0v) is 18.2. The van der Waals surface area contributed by atoms with Crippen molar-refractivity contribution in [3.05, 3.63) is 64.7 Å². The van der Waals surface area contributed by atoms with E-state index in [4.69, 9.17) is 9.47 Å². The fourth-order valence-corrected chi connectivity index (χ4v) is 3.65. The normalized spacial score (nSPS) is 10.9. The standard InChI is InChI=1S/C23H25N3O3S/c1-4-13-29-19-12-11-17(14-20(19)28-5-2)15-24-26-22(27)21-16(3)30-23(25-21)18-9-7-6-8-10-18/h6-12,14-15H,4-5,13H2,1-3H3,(H,26,27)/b24-15-. The molecule has 0 aliphatic carbocycles. The number of aryl methyl sites for hydroxylation is 1. The molecule has 30 heavy (non-hydrogen) atoms. The Balaban J connectivity index is 1.68. The highest BCUT2D eigenvalue weighted by atomic mass is 32.1. The molecule has 0 aliphatic rings. The fourth-order valence-electron chi connectivity index (χ4n) is 2.73. The van der Waals surface area contributed by atoms with E-state index in [2.05, 4.69) is 22.4 Å². The molecular weight excluding hydrogens is 398 g/mol. The fraction of sp³-hybridized carbons (Fsp3) is 0.261. The van der Waals surface area contributed by atoms with Gasteiger partial charge in [-0.3, -0.25) is 4.79 Å². The maximum atomic E-state index is 12.5. The SMILES string of the molecule is CCCOc1ccc(/C=N\NC(=O)c2nc(-c3ccccc3)sc2C)cc1OCC. The second-order valence-corrected chi connectivity index (χ2v) is 7.68. The minimum absolute atomic E-state index is 0.338. The van der Waals surface area contributed by atoms with Crippen molar-refractivity contribution in [2.24, 2.45) is 5.10 Å². The molecule has 0 unspecified atom stereocenters. The number of carbonyl (C=O) groups excluding carboxylic acids is 1. The quantitative estimate of drug-likeness (QED) is 0.385. The second kappa shape index (κ2) is 10.5. The summed E-state index contributed by atoms with van der Waals surface area (Å²) < 4.78 is 11.3. The van der Waals surface area contributed by atoms with Gasteiger partial charge in [0, 0.05) is 10.4 Å². The van der Waals surface area contributed by atoms with Crippen LogP contribution in [0.1, 0.15) is 41.2 Å². The molecule has 6 nitrogen and oxygen atoms in total. The van der Waals surface area contributed by atoms with Crippen molar-refractivity contribution in [1.82, 2.24) is 10.4 Å². The predicted octanol–water partition coefficient (Wildman–Crippen LogP) is 5.07. The Morgan fingerprint density at radius 3 is 2.67 bits per heavy atom. The summed E-state index contributed by atoms with van der Waals surface area (Å²) in [6.07, 6.45) is 2.49. The van der Waals surface area contributed by atoms with E-state index >= 15 is 0 Å². The number of amides is 1. The zero-order chi connectivity index (χ0) is 21.3. The molecule has 7 heteroatoms. The summed E-state index contributed by atoms with van der Waals surface area (Å²) in [5, 5.41) is 4.89. The first kappa shape index (κ1) is 21.5. The summed E-state index contributed by atoms with van der Waals surface area (Å²) in [5.41, 5.74) is 4.72. The number of carbonyl (C=O) groups is 1. The minimum Gasteiger partial charge on any atom is -0.490 e. The highest BCUT2D eigenvalue weighted by Crippen LogP contribution is 2.29. The largest absolute Gasteiger partial charge is 0.490 e. The third-order valence-electron chi connectivity index (χ3n) is 4.14. The van der Waals surface area contributed by atoms with Crippen LogP contribution < -0.4 is 14.9 Å². The van der Waals surface area contributed by atoms with E-state index in [1.165, 1.54) is 11.3 Å². The predicted molar refractivity (Wildman–Crippen MR) is 121 cm³/mol. The third-order valence-corrected chi connectivity index (χ3v) is 5.16. The second-order valence-electron chi connectivity index (χ2n) is 6.48. The maximum absolute atomic E-state index is 12.5. The van der Waals surface area contributed by atoms with Gasteiger partial charge in [-0.05, 0) is 44.0 Å². The molecule has 3 aromatic rings. The number of nitrogens with one attached hydrogen (secondary N) is 1. The van der Waals surface area contributed by atoms with Gasteiger partial charge in [0.2, 0.25) is 0 Å². The molecule has 1 aromatic heterocycles. The van der Waals surface area contributed by atoms with E-state index in [0.29, 0.717) is 30.4 Å². The smallest absolute Gasteiger partial charge is 0.291 e. The molecule has 0 bridgehead atoms. The molecular formula is C23H25N3O3S. The van der Waals surface area contributed by atoms with Gasteiger partial charge in [-0.2, -0.15) is 5.10 Å². The number of aromatic nitrogens is 1. The maximum Gasteiger partial charge on any atom is 0.291 e. The highest BCUT2D eigenvalue weighted by molar-refractivity contribution is 7.15. The van der Waals surface area contributed by atoms with Crippen molar-refractivity contribution in [2.75, 3.05) is 13.2 Å². The topological polar surface area (TPSA) is 72.8 Å². The molecule has 0 saturated heterocycles. The van der Waals surface area contributed by atoms with Crippen molar-refractivity contribution < 1.29 is 14.3 Å². The highest BCUT2D eigenvalue weighted by Gasteiger charge is 2.15. The Kier molecular flexibility index (Phi) is 7.57. The lowest BCUT2D eigenvalue weighted by Gasteiger charge is -2.11. The van der Waals surface area contributed by atoms with Crippen LogP contribution in [0.15, 0.2) is 53.6 Å². The molecule has 0 aliphatic heterocycles. The number of thiazole rings is 1. The van der Waals surface area contributed by atoms with E-state index in [9.17, 15) is 4.79 Å². The molecule has 3 rings (SSSR count). The number of benzene rings is 2. The van der Waals surface area contributed by atoms with Crippen LogP contribution in [0.25, 0.3) is 10.6 Å². The lowest BCUT2D eigenvalue weighted by molar-refractivity contribution is 0.0950. The molecule has 1 heterocycles. The first-order valence-electron chi connectivity index (χ1n) is 9.88. The van der Waals surface area contributed by atoms with E-state index in [1.54, 1.807) is 6.21 Å². The molecule has 0 fully saturated rings. The Bertz CT molecular complexity index is 1020. The molecule has 0 radical (unpaired) electrons. The van der Waals surface area contributed by atoms with Crippen LogP contribution in [0, 0.1) is 6.92 Å². The first-order valence-corrected chi connectivity index (χ1v) is 10.7. The summed E-state index contributed by atoms with van der Waals surface area (Å²) in [6, 6.07) is 15.4. The van der Waals surface area contributed by atoms with Crippen molar-refractivity contribution in [1.29, 1.82) is 0 Å². The Labute approximate surface area is 180 Å². The lowest BCUT2D eigenvalue weighted by Crippen LogP contribution is -2.19. The minimum atomic E-state index is -0.338. The molecule has 2 aromatic carbocycles. The van der Waals surface area contributed by atoms with Gasteiger partial charge in [-0.1, -0.05) is 37.3 Å². The number of nitrogens with zero attached hydrogens (tertiary/aromatic N) is 2. The van der Waals surface area contributed by atoms with Gasteiger partial charge < -0.3 is 9.47 Å². The van der Waals surface area contributed by atoms with Gasteiger partial charge in [0.05, 0.1) is 19.4 Å². The summed E-state index contributed by atoms with van der Waals surface area (Å²) in [6.45, 7) is 7.02. The third kappa shape index (κ3) is 5.45. The van der Waals surface area contributed by atoms with Gasteiger partial charge in [0.15, 0.2) is 11.5 Å². The van der Waals surface area contributed by atoms with E-state index in [1.807, 2.05) is 62.4 Å². The Hall–Kier alpha value is -3.19. The summed E-state index contributed by atoms with van der Waals surface area (Å²) in [4.78, 5) is 17.8. The summed E-state index contributed by atoms with van der Waals surface area (Å²) >= 11 is 1.49. The number of ether oxygens (including phenoxy) is 2. The van der Waals surface area contributed by atoms with Crippen molar-refractivity contribution in [3.8, 4) is 22.1 Å². The van der Waals surface area contributed by atoms with Crippen LogP contribution in [-0.2, 0) is 0 Å². The van der Waals surface area contributed by atoms with Crippen LogP contribution in [0.4, 0.5) is 0 Å². The molecule has 0 saturated carbocycles. The first-order chi connectivity index (χ1) is 14.6. The Morgan fingerprint density at radius 1 is 1.13 bits per heavy atom. The number of hydrazone groups is 1. The van der Waals surface area contributed by atoms with Crippen LogP contribution in [-0.4, -0.2) is 30.3 Å². The van der Waals surface area contributed by atoms with Crippen molar-refractivity contribution in [3.63, 3.8) is 0 Å². The van der Waals surface area contributed by atoms with E-state index in [-0.39, 0.29) is 5.91 Å². The molecule has 1 amide bonds. The summed E-state index contributed by atoms with van der Waals surface area (Å²) in [5.74, 6) is 1.02. The van der Waals surface area contributed by atoms with Gasteiger partial charge in [-0.25, -0.2) is 10.4 Å².